The van der Waals surface area contributed by atoms with Crippen molar-refractivity contribution in [3.63, 3.8) is 0 Å². The van der Waals surface area contributed by atoms with Crippen LogP contribution in [0.25, 0.3) is 0 Å². The maximum Gasteiger partial charge on any atom is 0.418 e. The SMILES string of the molecule is Nc1ccc(NCC2(CN3CCCC3)COC2)c(C(F)(F)F)c1. The molecule has 7 heteroatoms. The second-order valence-corrected chi connectivity index (χ2v) is 6.63. The molecule has 0 bridgehead atoms. The van der Waals surface area contributed by atoms with E-state index in [1.807, 2.05) is 0 Å². The molecule has 1 aromatic rings. The first-order chi connectivity index (χ1) is 10.9. The van der Waals surface area contributed by atoms with Gasteiger partial charge in [-0.3, -0.25) is 0 Å². The summed E-state index contributed by atoms with van der Waals surface area (Å²) < 4.78 is 44.8. The van der Waals surface area contributed by atoms with Gasteiger partial charge >= 0.3 is 6.18 Å². The van der Waals surface area contributed by atoms with Gasteiger partial charge in [0.05, 0.1) is 18.8 Å². The fourth-order valence-corrected chi connectivity index (χ4v) is 3.29. The Bertz CT molecular complexity index is 552. The third kappa shape index (κ3) is 3.72. The van der Waals surface area contributed by atoms with Crippen molar-refractivity contribution in [3.8, 4) is 0 Å². The molecule has 0 saturated carbocycles. The van der Waals surface area contributed by atoms with E-state index in [4.69, 9.17) is 10.5 Å². The van der Waals surface area contributed by atoms with Gasteiger partial charge in [-0.15, -0.1) is 0 Å². The highest BCUT2D eigenvalue weighted by atomic mass is 19.4. The Kier molecular flexibility index (Phi) is 4.42. The number of nitrogens with zero attached hydrogens (tertiary/aromatic N) is 1. The van der Waals surface area contributed by atoms with Crippen LogP contribution >= 0.6 is 0 Å². The Labute approximate surface area is 133 Å². The van der Waals surface area contributed by atoms with E-state index in [2.05, 4.69) is 10.2 Å². The zero-order chi connectivity index (χ0) is 16.5. The molecule has 3 N–H and O–H groups in total. The lowest BCUT2D eigenvalue weighted by Crippen LogP contribution is -2.54. The number of benzene rings is 1. The molecule has 128 valence electrons. The number of anilines is 2. The Morgan fingerprint density at radius 3 is 2.48 bits per heavy atom. The fraction of sp³-hybridized carbons (Fsp3) is 0.625. The number of nitrogens with two attached hydrogens (primary N) is 1. The van der Waals surface area contributed by atoms with Crippen LogP contribution in [0.1, 0.15) is 18.4 Å². The Hall–Kier alpha value is -1.47. The van der Waals surface area contributed by atoms with Gasteiger partial charge in [-0.2, -0.15) is 13.2 Å². The standard InChI is InChI=1S/C16H22F3N3O/c17-16(18,19)13-7-12(20)3-4-14(13)21-8-15(10-23-11-15)9-22-5-1-2-6-22/h3-4,7,21H,1-2,5-6,8-11,20H2. The summed E-state index contributed by atoms with van der Waals surface area (Å²) in [6.45, 7) is 4.65. The molecule has 2 heterocycles. The quantitative estimate of drug-likeness (QED) is 0.816. The first-order valence-corrected chi connectivity index (χ1v) is 7.89. The van der Waals surface area contributed by atoms with Gasteiger partial charge in [0.1, 0.15) is 0 Å². The normalized spacial score (nSPS) is 21.2. The van der Waals surface area contributed by atoms with Crippen LogP contribution < -0.4 is 11.1 Å². The van der Waals surface area contributed by atoms with Crippen molar-refractivity contribution in [3.05, 3.63) is 23.8 Å². The van der Waals surface area contributed by atoms with Gasteiger partial charge in [0.15, 0.2) is 0 Å². The van der Waals surface area contributed by atoms with Crippen molar-refractivity contribution in [2.24, 2.45) is 5.41 Å². The zero-order valence-corrected chi connectivity index (χ0v) is 13.0. The first kappa shape index (κ1) is 16.4. The van der Waals surface area contributed by atoms with Crippen LogP contribution in [0.2, 0.25) is 0 Å². The van der Waals surface area contributed by atoms with E-state index in [0.29, 0.717) is 19.8 Å². The summed E-state index contributed by atoms with van der Waals surface area (Å²) >= 11 is 0. The average molecular weight is 329 g/mol. The molecule has 3 rings (SSSR count). The van der Waals surface area contributed by atoms with Crippen LogP contribution in [0.3, 0.4) is 0 Å². The number of ether oxygens (including phenoxy) is 1. The van der Waals surface area contributed by atoms with E-state index in [1.165, 1.54) is 25.0 Å². The number of nitrogen functional groups attached to an aromatic ring is 1. The minimum absolute atomic E-state index is 0.0828. The number of likely N-dealkylation sites (tertiary alicyclic amines) is 1. The van der Waals surface area contributed by atoms with E-state index >= 15 is 0 Å². The molecule has 0 aliphatic carbocycles. The second kappa shape index (κ2) is 6.20. The number of halogens is 3. The molecule has 0 atom stereocenters. The van der Waals surface area contributed by atoms with Crippen LogP contribution in [0.5, 0.6) is 0 Å². The molecule has 2 fully saturated rings. The number of rotatable bonds is 5. The van der Waals surface area contributed by atoms with Crippen molar-refractivity contribution in [1.82, 2.24) is 4.90 Å². The van der Waals surface area contributed by atoms with Crippen molar-refractivity contribution in [2.75, 3.05) is 50.4 Å². The lowest BCUT2D eigenvalue weighted by molar-refractivity contribution is -0.137. The van der Waals surface area contributed by atoms with Gasteiger partial charge in [0.25, 0.3) is 0 Å². The summed E-state index contributed by atoms with van der Waals surface area (Å²) in [5, 5.41) is 2.98. The molecule has 0 amide bonds. The highest BCUT2D eigenvalue weighted by molar-refractivity contribution is 5.59. The van der Waals surface area contributed by atoms with Crippen LogP contribution in [0.15, 0.2) is 18.2 Å². The van der Waals surface area contributed by atoms with E-state index in [0.717, 1.165) is 25.7 Å². The van der Waals surface area contributed by atoms with Gasteiger partial charge < -0.3 is 20.7 Å². The molecular formula is C16H22F3N3O. The van der Waals surface area contributed by atoms with E-state index in [-0.39, 0.29) is 16.8 Å². The smallest absolute Gasteiger partial charge is 0.399 e. The Balaban J connectivity index is 1.69. The monoisotopic (exact) mass is 329 g/mol. The van der Waals surface area contributed by atoms with Gasteiger partial charge in [-0.25, -0.2) is 0 Å². The number of hydrogen-bond donors (Lipinski definition) is 2. The summed E-state index contributed by atoms with van der Waals surface area (Å²) in [6, 6.07) is 3.87. The first-order valence-electron chi connectivity index (χ1n) is 7.89. The maximum atomic E-state index is 13.1. The van der Waals surface area contributed by atoms with Gasteiger partial charge in [0, 0.05) is 29.9 Å². The van der Waals surface area contributed by atoms with Gasteiger partial charge in [-0.05, 0) is 44.1 Å². The van der Waals surface area contributed by atoms with Crippen molar-refractivity contribution < 1.29 is 17.9 Å². The van der Waals surface area contributed by atoms with Gasteiger partial charge in [0.2, 0.25) is 0 Å². The number of nitrogens with one attached hydrogen (secondary N) is 1. The molecule has 4 nitrogen and oxygen atoms in total. The van der Waals surface area contributed by atoms with Crippen LogP contribution in [0, 0.1) is 5.41 Å². The lowest BCUT2D eigenvalue weighted by Gasteiger charge is -2.44. The number of hydrogen-bond acceptors (Lipinski definition) is 4. The van der Waals surface area contributed by atoms with Crippen LogP contribution in [0.4, 0.5) is 24.5 Å². The van der Waals surface area contributed by atoms with Crippen molar-refractivity contribution >= 4 is 11.4 Å². The van der Waals surface area contributed by atoms with Crippen molar-refractivity contribution in [1.29, 1.82) is 0 Å². The second-order valence-electron chi connectivity index (χ2n) is 6.63. The molecule has 0 radical (unpaired) electrons. The molecule has 2 aliphatic heterocycles. The largest absolute Gasteiger partial charge is 0.418 e. The number of alkyl halides is 3. The highest BCUT2D eigenvalue weighted by Gasteiger charge is 2.41. The molecule has 2 aliphatic rings. The van der Waals surface area contributed by atoms with Crippen LogP contribution in [-0.2, 0) is 10.9 Å². The zero-order valence-electron chi connectivity index (χ0n) is 13.0. The Morgan fingerprint density at radius 2 is 1.91 bits per heavy atom. The fourth-order valence-electron chi connectivity index (χ4n) is 3.29. The van der Waals surface area contributed by atoms with Gasteiger partial charge in [-0.1, -0.05) is 0 Å². The molecule has 1 aromatic carbocycles. The molecule has 2 saturated heterocycles. The summed E-state index contributed by atoms with van der Waals surface area (Å²) in [4.78, 5) is 2.37. The lowest BCUT2D eigenvalue weighted by atomic mass is 9.85. The minimum atomic E-state index is -4.42. The van der Waals surface area contributed by atoms with Crippen molar-refractivity contribution in [2.45, 2.75) is 19.0 Å². The summed E-state index contributed by atoms with van der Waals surface area (Å²) in [5.74, 6) is 0. The Morgan fingerprint density at radius 1 is 1.22 bits per heavy atom. The van der Waals surface area contributed by atoms with Crippen LogP contribution in [-0.4, -0.2) is 44.3 Å². The summed E-state index contributed by atoms with van der Waals surface area (Å²) in [6.07, 6.45) is -2.03. The summed E-state index contributed by atoms with van der Waals surface area (Å²) in [7, 11) is 0. The molecule has 23 heavy (non-hydrogen) atoms. The summed E-state index contributed by atoms with van der Waals surface area (Å²) in [5.41, 5.74) is 4.88. The third-order valence-electron chi connectivity index (χ3n) is 4.58. The predicted octanol–water partition coefficient (Wildman–Crippen LogP) is 2.81. The van der Waals surface area contributed by atoms with E-state index in [1.54, 1.807) is 0 Å². The molecule has 0 unspecified atom stereocenters. The van der Waals surface area contributed by atoms with E-state index in [9.17, 15) is 13.2 Å². The molecule has 0 spiro atoms. The third-order valence-corrected chi connectivity index (χ3v) is 4.58. The molecular weight excluding hydrogens is 307 g/mol. The highest BCUT2D eigenvalue weighted by Crippen LogP contribution is 2.37. The maximum absolute atomic E-state index is 13.1. The minimum Gasteiger partial charge on any atom is -0.399 e. The average Bonchev–Trinajstić information content (AvgIpc) is 2.94. The predicted molar refractivity (Wildman–Crippen MR) is 83.3 cm³/mol. The van der Waals surface area contributed by atoms with E-state index < -0.39 is 11.7 Å². The molecule has 0 aromatic heterocycles. The topological polar surface area (TPSA) is 50.5 Å².